The highest BCUT2D eigenvalue weighted by atomic mass is 19.1. The van der Waals surface area contributed by atoms with Crippen molar-refractivity contribution in [1.82, 2.24) is 0 Å². The first-order valence-corrected chi connectivity index (χ1v) is 7.06. The number of benzene rings is 2. The van der Waals surface area contributed by atoms with Crippen LogP contribution in [0, 0.1) is 12.7 Å². The van der Waals surface area contributed by atoms with Gasteiger partial charge in [-0.2, -0.15) is 0 Å². The van der Waals surface area contributed by atoms with Crippen molar-refractivity contribution < 1.29 is 9.18 Å². The molecule has 0 amide bonds. The molecule has 1 aliphatic carbocycles. The van der Waals surface area contributed by atoms with Crippen molar-refractivity contribution in [1.29, 1.82) is 0 Å². The molecule has 1 nitrogen and oxygen atoms in total. The van der Waals surface area contributed by atoms with Crippen LogP contribution in [0.25, 0.3) is 0 Å². The second-order valence-electron chi connectivity index (χ2n) is 5.56. The lowest BCUT2D eigenvalue weighted by Crippen LogP contribution is -2.14. The Morgan fingerprint density at radius 1 is 1.15 bits per heavy atom. The first kappa shape index (κ1) is 13.0. The molecule has 2 aromatic rings. The van der Waals surface area contributed by atoms with E-state index in [0.717, 1.165) is 29.5 Å². The molecule has 1 saturated carbocycles. The van der Waals surface area contributed by atoms with E-state index < -0.39 is 0 Å². The first-order valence-electron chi connectivity index (χ1n) is 7.06. The summed E-state index contributed by atoms with van der Waals surface area (Å²) in [6.07, 6.45) is 3.52. The highest BCUT2D eigenvalue weighted by Crippen LogP contribution is 2.38. The van der Waals surface area contributed by atoms with Gasteiger partial charge in [-0.1, -0.05) is 30.7 Å². The predicted molar refractivity (Wildman–Crippen MR) is 77.6 cm³/mol. The van der Waals surface area contributed by atoms with Gasteiger partial charge in [-0.3, -0.25) is 4.79 Å². The van der Waals surface area contributed by atoms with E-state index in [1.54, 1.807) is 13.0 Å². The average molecular weight is 268 g/mol. The third kappa shape index (κ3) is 2.38. The number of hydrogen-bond donors (Lipinski definition) is 0. The Bertz CT molecular complexity index is 636. The molecule has 0 radical (unpaired) electrons. The van der Waals surface area contributed by atoms with Gasteiger partial charge in [0.05, 0.1) is 0 Å². The molecule has 0 aromatic heterocycles. The summed E-state index contributed by atoms with van der Waals surface area (Å²) in [5, 5.41) is 0. The van der Waals surface area contributed by atoms with Gasteiger partial charge in [0.15, 0.2) is 5.78 Å². The van der Waals surface area contributed by atoms with E-state index in [-0.39, 0.29) is 11.6 Å². The van der Waals surface area contributed by atoms with E-state index >= 15 is 0 Å². The number of halogens is 1. The number of carbonyl (C=O) groups excluding carboxylic acids is 1. The summed E-state index contributed by atoms with van der Waals surface area (Å²) in [7, 11) is 0. The fourth-order valence-electron chi connectivity index (χ4n) is 2.80. The lowest BCUT2D eigenvalue weighted by Gasteiger charge is -2.27. The zero-order valence-corrected chi connectivity index (χ0v) is 11.5. The standard InChI is InChI=1S/C18H17FO/c1-12-9-14(11-15(19)10-12)18(20)17-8-3-2-7-16(17)13-5-4-6-13/h2-3,7-11,13H,4-6H2,1H3. The Morgan fingerprint density at radius 2 is 1.90 bits per heavy atom. The molecule has 3 rings (SSSR count). The van der Waals surface area contributed by atoms with Crippen LogP contribution in [-0.2, 0) is 0 Å². The lowest BCUT2D eigenvalue weighted by molar-refractivity contribution is 0.103. The van der Waals surface area contributed by atoms with E-state index in [4.69, 9.17) is 0 Å². The number of aryl methyl sites for hydroxylation is 1. The first-order chi connectivity index (χ1) is 9.65. The smallest absolute Gasteiger partial charge is 0.193 e. The van der Waals surface area contributed by atoms with Crippen LogP contribution >= 0.6 is 0 Å². The van der Waals surface area contributed by atoms with Crippen molar-refractivity contribution in [3.63, 3.8) is 0 Å². The number of carbonyl (C=O) groups is 1. The molecular formula is C18H17FO. The molecule has 0 N–H and O–H groups in total. The van der Waals surface area contributed by atoms with Gasteiger partial charge in [0.1, 0.15) is 5.82 Å². The molecule has 0 atom stereocenters. The highest BCUT2D eigenvalue weighted by molar-refractivity contribution is 6.10. The van der Waals surface area contributed by atoms with Gasteiger partial charge in [0.25, 0.3) is 0 Å². The average Bonchev–Trinajstić information content (AvgIpc) is 2.35. The molecule has 0 spiro atoms. The van der Waals surface area contributed by atoms with Gasteiger partial charge in [0.2, 0.25) is 0 Å². The fraction of sp³-hybridized carbons (Fsp3) is 0.278. The summed E-state index contributed by atoms with van der Waals surface area (Å²) >= 11 is 0. The Hall–Kier alpha value is -1.96. The predicted octanol–water partition coefficient (Wildman–Crippen LogP) is 4.63. The number of hydrogen-bond acceptors (Lipinski definition) is 1. The number of ketones is 1. The van der Waals surface area contributed by atoms with Crippen LogP contribution in [0.15, 0.2) is 42.5 Å². The maximum absolute atomic E-state index is 13.5. The molecule has 0 bridgehead atoms. The monoisotopic (exact) mass is 268 g/mol. The summed E-state index contributed by atoms with van der Waals surface area (Å²) in [6, 6.07) is 12.3. The minimum Gasteiger partial charge on any atom is -0.289 e. The van der Waals surface area contributed by atoms with Crippen molar-refractivity contribution >= 4 is 5.78 Å². The largest absolute Gasteiger partial charge is 0.289 e. The minimum atomic E-state index is -0.352. The quantitative estimate of drug-likeness (QED) is 0.741. The zero-order chi connectivity index (χ0) is 14.1. The fourth-order valence-corrected chi connectivity index (χ4v) is 2.80. The molecule has 0 aliphatic heterocycles. The minimum absolute atomic E-state index is 0.0740. The summed E-state index contributed by atoms with van der Waals surface area (Å²) < 4.78 is 13.5. The lowest BCUT2D eigenvalue weighted by atomic mass is 9.77. The van der Waals surface area contributed by atoms with Crippen LogP contribution in [-0.4, -0.2) is 5.78 Å². The normalized spacial score (nSPS) is 14.9. The van der Waals surface area contributed by atoms with Crippen LogP contribution in [0.3, 0.4) is 0 Å². The second kappa shape index (κ2) is 5.20. The van der Waals surface area contributed by atoms with Crippen molar-refractivity contribution in [3.05, 3.63) is 70.5 Å². The van der Waals surface area contributed by atoms with E-state index in [2.05, 4.69) is 0 Å². The highest BCUT2D eigenvalue weighted by Gasteiger charge is 2.24. The Balaban J connectivity index is 2.01. The molecule has 2 aromatic carbocycles. The molecule has 20 heavy (non-hydrogen) atoms. The molecule has 0 unspecified atom stereocenters. The molecule has 1 fully saturated rings. The topological polar surface area (TPSA) is 17.1 Å². The van der Waals surface area contributed by atoms with Gasteiger partial charge in [-0.15, -0.1) is 0 Å². The van der Waals surface area contributed by atoms with E-state index in [1.165, 1.54) is 18.6 Å². The third-order valence-corrected chi connectivity index (χ3v) is 4.05. The molecule has 1 aliphatic rings. The molecule has 102 valence electrons. The molecule has 0 saturated heterocycles. The van der Waals surface area contributed by atoms with E-state index in [0.29, 0.717) is 11.5 Å². The number of rotatable bonds is 3. The van der Waals surface area contributed by atoms with Crippen molar-refractivity contribution in [2.24, 2.45) is 0 Å². The summed E-state index contributed by atoms with van der Waals surface area (Å²) in [6.45, 7) is 1.80. The Kier molecular flexibility index (Phi) is 3.39. The SMILES string of the molecule is Cc1cc(F)cc(C(=O)c2ccccc2C2CCC2)c1. The zero-order valence-electron chi connectivity index (χ0n) is 11.5. The van der Waals surface area contributed by atoms with Gasteiger partial charge < -0.3 is 0 Å². The van der Waals surface area contributed by atoms with Gasteiger partial charge in [0, 0.05) is 11.1 Å². The van der Waals surface area contributed by atoms with Gasteiger partial charge in [-0.25, -0.2) is 4.39 Å². The van der Waals surface area contributed by atoms with Crippen molar-refractivity contribution in [2.75, 3.05) is 0 Å². The van der Waals surface area contributed by atoms with Crippen LogP contribution in [0.1, 0.15) is 52.2 Å². The third-order valence-electron chi connectivity index (χ3n) is 4.05. The maximum Gasteiger partial charge on any atom is 0.193 e. The molecule has 0 heterocycles. The van der Waals surface area contributed by atoms with Crippen molar-refractivity contribution in [3.8, 4) is 0 Å². The van der Waals surface area contributed by atoms with Crippen LogP contribution in [0.2, 0.25) is 0 Å². The molecule has 2 heteroatoms. The van der Waals surface area contributed by atoms with Gasteiger partial charge in [-0.05, 0) is 55.0 Å². The van der Waals surface area contributed by atoms with Gasteiger partial charge >= 0.3 is 0 Å². The Morgan fingerprint density at radius 3 is 2.55 bits per heavy atom. The second-order valence-corrected chi connectivity index (χ2v) is 5.56. The van der Waals surface area contributed by atoms with Crippen molar-refractivity contribution in [2.45, 2.75) is 32.1 Å². The molecular weight excluding hydrogens is 251 g/mol. The summed E-state index contributed by atoms with van der Waals surface area (Å²) in [5.41, 5.74) is 3.05. The summed E-state index contributed by atoms with van der Waals surface area (Å²) in [4.78, 5) is 12.6. The van der Waals surface area contributed by atoms with E-state index in [9.17, 15) is 9.18 Å². The Labute approximate surface area is 118 Å². The van der Waals surface area contributed by atoms with E-state index in [1.807, 2.05) is 24.3 Å². The maximum atomic E-state index is 13.5. The van der Waals surface area contributed by atoms with Crippen LogP contribution < -0.4 is 0 Å². The summed E-state index contributed by atoms with van der Waals surface area (Å²) in [5.74, 6) is 0.0642. The van der Waals surface area contributed by atoms with Crippen LogP contribution in [0.5, 0.6) is 0 Å². The van der Waals surface area contributed by atoms with Crippen LogP contribution in [0.4, 0.5) is 4.39 Å².